The zero-order chi connectivity index (χ0) is 14.5. The highest BCUT2D eigenvalue weighted by atomic mass is 15.1. The molecule has 0 atom stereocenters. The molecule has 0 bridgehead atoms. The normalized spacial score (nSPS) is 11.2. The summed E-state index contributed by atoms with van der Waals surface area (Å²) in [5.74, 6) is 1.75. The van der Waals surface area contributed by atoms with Crippen LogP contribution in [0.1, 0.15) is 36.5 Å². The summed E-state index contributed by atoms with van der Waals surface area (Å²) in [4.78, 5) is 4.46. The van der Waals surface area contributed by atoms with Crippen LogP contribution in [-0.4, -0.2) is 16.1 Å². The van der Waals surface area contributed by atoms with Crippen molar-refractivity contribution in [2.45, 2.75) is 40.8 Å². The first-order valence-electron chi connectivity index (χ1n) is 7.33. The summed E-state index contributed by atoms with van der Waals surface area (Å²) in [5, 5.41) is 3.49. The highest BCUT2D eigenvalue weighted by Crippen LogP contribution is 2.11. The predicted octanol–water partition coefficient (Wildman–Crippen LogP) is 3.29. The van der Waals surface area contributed by atoms with E-state index < -0.39 is 0 Å². The van der Waals surface area contributed by atoms with Gasteiger partial charge in [-0.25, -0.2) is 4.98 Å². The van der Waals surface area contributed by atoms with Gasteiger partial charge in [-0.1, -0.05) is 43.7 Å². The Bertz CT molecular complexity index is 555. The quantitative estimate of drug-likeness (QED) is 0.873. The van der Waals surface area contributed by atoms with E-state index in [0.29, 0.717) is 5.92 Å². The van der Waals surface area contributed by atoms with E-state index in [1.54, 1.807) is 0 Å². The number of imidazole rings is 1. The molecule has 0 saturated heterocycles. The van der Waals surface area contributed by atoms with Crippen LogP contribution in [0, 0.1) is 19.8 Å². The second kappa shape index (κ2) is 6.71. The van der Waals surface area contributed by atoms with Gasteiger partial charge in [0.25, 0.3) is 0 Å². The first kappa shape index (κ1) is 14.8. The van der Waals surface area contributed by atoms with E-state index in [2.05, 4.69) is 66.8 Å². The Labute approximate surface area is 122 Å². The molecule has 0 aliphatic rings. The van der Waals surface area contributed by atoms with Crippen LogP contribution in [0.5, 0.6) is 0 Å². The molecule has 20 heavy (non-hydrogen) atoms. The van der Waals surface area contributed by atoms with E-state index in [9.17, 15) is 0 Å². The van der Waals surface area contributed by atoms with Crippen molar-refractivity contribution in [2.24, 2.45) is 5.92 Å². The van der Waals surface area contributed by atoms with Gasteiger partial charge in [0, 0.05) is 19.3 Å². The van der Waals surface area contributed by atoms with E-state index in [1.807, 2.05) is 6.20 Å². The lowest BCUT2D eigenvalue weighted by Crippen LogP contribution is -2.21. The summed E-state index contributed by atoms with van der Waals surface area (Å²) in [5.41, 5.74) is 3.89. The molecule has 108 valence electrons. The van der Waals surface area contributed by atoms with Crippen molar-refractivity contribution in [3.63, 3.8) is 0 Å². The number of hydrogen-bond acceptors (Lipinski definition) is 2. The van der Waals surface area contributed by atoms with Gasteiger partial charge in [0.15, 0.2) is 0 Å². The fourth-order valence-corrected chi connectivity index (χ4v) is 2.35. The average molecular weight is 271 g/mol. The van der Waals surface area contributed by atoms with Gasteiger partial charge < -0.3 is 9.88 Å². The van der Waals surface area contributed by atoms with Gasteiger partial charge in [0.2, 0.25) is 0 Å². The maximum atomic E-state index is 4.46. The molecule has 0 saturated carbocycles. The van der Waals surface area contributed by atoms with Crippen LogP contribution in [0.3, 0.4) is 0 Å². The second-order valence-corrected chi connectivity index (χ2v) is 5.90. The monoisotopic (exact) mass is 271 g/mol. The largest absolute Gasteiger partial charge is 0.327 e. The molecule has 0 spiro atoms. The van der Waals surface area contributed by atoms with Gasteiger partial charge in [0.05, 0.1) is 5.69 Å². The third kappa shape index (κ3) is 3.94. The third-order valence-corrected chi connectivity index (χ3v) is 3.42. The molecule has 0 unspecified atom stereocenters. The van der Waals surface area contributed by atoms with Crippen molar-refractivity contribution in [3.05, 3.63) is 53.1 Å². The first-order chi connectivity index (χ1) is 9.56. The minimum Gasteiger partial charge on any atom is -0.327 e. The Kier molecular flexibility index (Phi) is 4.96. The molecule has 0 fully saturated rings. The summed E-state index contributed by atoms with van der Waals surface area (Å²) in [6, 6.07) is 8.67. The molecule has 0 amide bonds. The molecule has 1 aromatic carbocycles. The third-order valence-electron chi connectivity index (χ3n) is 3.42. The second-order valence-electron chi connectivity index (χ2n) is 5.90. The lowest BCUT2D eigenvalue weighted by Gasteiger charge is -2.12. The number of hydrogen-bond donors (Lipinski definition) is 1. The summed E-state index contributed by atoms with van der Waals surface area (Å²) >= 11 is 0. The van der Waals surface area contributed by atoms with Crippen molar-refractivity contribution in [1.82, 2.24) is 14.9 Å². The Morgan fingerprint density at radius 2 is 2.05 bits per heavy atom. The lowest BCUT2D eigenvalue weighted by atomic mass is 10.1. The number of nitrogens with zero attached hydrogens (tertiary/aromatic N) is 2. The van der Waals surface area contributed by atoms with Gasteiger partial charge in [-0.3, -0.25) is 0 Å². The summed E-state index contributed by atoms with van der Waals surface area (Å²) in [6.07, 6.45) is 1.98. The van der Waals surface area contributed by atoms with Crippen LogP contribution in [0.2, 0.25) is 0 Å². The maximum Gasteiger partial charge on any atom is 0.106 e. The molecule has 2 rings (SSSR count). The van der Waals surface area contributed by atoms with E-state index in [-0.39, 0.29) is 0 Å². The smallest absolute Gasteiger partial charge is 0.106 e. The van der Waals surface area contributed by atoms with Gasteiger partial charge in [-0.05, 0) is 31.9 Å². The number of aryl methyl sites for hydroxylation is 2. The topological polar surface area (TPSA) is 29.9 Å². The van der Waals surface area contributed by atoms with Crippen molar-refractivity contribution in [1.29, 1.82) is 0 Å². The van der Waals surface area contributed by atoms with Crippen molar-refractivity contribution in [2.75, 3.05) is 6.54 Å². The molecule has 3 nitrogen and oxygen atoms in total. The van der Waals surface area contributed by atoms with E-state index in [0.717, 1.165) is 25.5 Å². The van der Waals surface area contributed by atoms with Crippen LogP contribution in [0.25, 0.3) is 0 Å². The number of aromatic nitrogens is 2. The summed E-state index contributed by atoms with van der Waals surface area (Å²) in [6.45, 7) is 11.5. The standard InChI is InChI=1S/C17H25N3/c1-13(2)9-18-10-17-11-19-15(4)20(17)12-16-7-5-6-14(3)8-16/h5-8,11,13,18H,9-10,12H2,1-4H3. The van der Waals surface area contributed by atoms with Crippen molar-refractivity contribution >= 4 is 0 Å². The summed E-state index contributed by atoms with van der Waals surface area (Å²) < 4.78 is 2.29. The van der Waals surface area contributed by atoms with Crippen LogP contribution in [0.15, 0.2) is 30.5 Å². The average Bonchev–Trinajstić information content (AvgIpc) is 2.71. The van der Waals surface area contributed by atoms with Gasteiger partial charge >= 0.3 is 0 Å². The summed E-state index contributed by atoms with van der Waals surface area (Å²) in [7, 11) is 0. The molecule has 0 aliphatic carbocycles. The first-order valence-corrected chi connectivity index (χ1v) is 7.33. The molecule has 0 radical (unpaired) electrons. The highest BCUT2D eigenvalue weighted by molar-refractivity contribution is 5.23. The Morgan fingerprint density at radius 3 is 2.75 bits per heavy atom. The van der Waals surface area contributed by atoms with Crippen molar-refractivity contribution in [3.8, 4) is 0 Å². The number of benzene rings is 1. The van der Waals surface area contributed by atoms with Gasteiger partial charge in [-0.15, -0.1) is 0 Å². The van der Waals surface area contributed by atoms with E-state index in [1.165, 1.54) is 16.8 Å². The Hall–Kier alpha value is -1.61. The van der Waals surface area contributed by atoms with Gasteiger partial charge in [-0.2, -0.15) is 0 Å². The van der Waals surface area contributed by atoms with Gasteiger partial charge in [0.1, 0.15) is 5.82 Å². The molecule has 1 heterocycles. The van der Waals surface area contributed by atoms with E-state index in [4.69, 9.17) is 0 Å². The SMILES string of the molecule is Cc1cccc(Cn2c(CNCC(C)C)cnc2C)c1. The zero-order valence-corrected chi connectivity index (χ0v) is 13.0. The molecule has 0 aliphatic heterocycles. The van der Waals surface area contributed by atoms with Crippen LogP contribution < -0.4 is 5.32 Å². The molecular weight excluding hydrogens is 246 g/mol. The fourth-order valence-electron chi connectivity index (χ4n) is 2.35. The fraction of sp³-hybridized carbons (Fsp3) is 0.471. The maximum absolute atomic E-state index is 4.46. The van der Waals surface area contributed by atoms with Crippen LogP contribution in [-0.2, 0) is 13.1 Å². The zero-order valence-electron chi connectivity index (χ0n) is 13.0. The predicted molar refractivity (Wildman–Crippen MR) is 83.8 cm³/mol. The van der Waals surface area contributed by atoms with Crippen LogP contribution in [0.4, 0.5) is 0 Å². The number of rotatable bonds is 6. The molecule has 3 heteroatoms. The van der Waals surface area contributed by atoms with Crippen molar-refractivity contribution < 1.29 is 0 Å². The molecule has 1 N–H and O–H groups in total. The highest BCUT2D eigenvalue weighted by Gasteiger charge is 2.07. The molecule has 2 aromatic rings. The Balaban J connectivity index is 2.09. The molecular formula is C17H25N3. The Morgan fingerprint density at radius 1 is 1.25 bits per heavy atom. The lowest BCUT2D eigenvalue weighted by molar-refractivity contribution is 0.537. The molecule has 1 aromatic heterocycles. The van der Waals surface area contributed by atoms with E-state index >= 15 is 0 Å². The number of nitrogens with one attached hydrogen (secondary N) is 1. The van der Waals surface area contributed by atoms with Crippen LogP contribution >= 0.6 is 0 Å². The minimum atomic E-state index is 0.671. The minimum absolute atomic E-state index is 0.671.